The molecule has 2 saturated heterocycles. The average Bonchev–Trinajstić information content (AvgIpc) is 3.47. The highest BCUT2D eigenvalue weighted by Crippen LogP contribution is 2.59. The van der Waals surface area contributed by atoms with Crippen molar-refractivity contribution < 1.29 is 29.0 Å². The first-order valence-electron chi connectivity index (χ1n) is 15.8. The summed E-state index contributed by atoms with van der Waals surface area (Å²) in [5, 5.41) is 10.3. The third-order valence-corrected chi connectivity index (χ3v) is 10.4. The summed E-state index contributed by atoms with van der Waals surface area (Å²) in [6.45, 7) is 4.10. The van der Waals surface area contributed by atoms with E-state index in [1.807, 2.05) is 61.5 Å². The maximum absolute atomic E-state index is 14.3. The van der Waals surface area contributed by atoms with Crippen LogP contribution >= 0.6 is 0 Å². The van der Waals surface area contributed by atoms with Gasteiger partial charge in [-0.3, -0.25) is 29.0 Å². The predicted molar refractivity (Wildman–Crippen MR) is 169 cm³/mol. The number of carbonyl (C=O) groups is 4. The zero-order valence-electron chi connectivity index (χ0n) is 25.6. The third-order valence-electron chi connectivity index (χ3n) is 10.4. The number of aromatic hydroxyl groups is 1. The maximum atomic E-state index is 14.3. The number of anilines is 2. The molecule has 2 aliphatic carbocycles. The Balaban J connectivity index is 1.33. The summed E-state index contributed by atoms with van der Waals surface area (Å²) < 4.78 is 5.70. The molecule has 2 heterocycles. The number of phenolic OH excluding ortho intramolecular Hbond substituents is 1. The molecule has 8 nitrogen and oxygen atoms in total. The number of allylic oxidation sites excluding steroid dienone is 2. The van der Waals surface area contributed by atoms with Gasteiger partial charge in [0.15, 0.2) is 0 Å². The second-order valence-electron chi connectivity index (χ2n) is 12.5. The molecule has 2 aliphatic heterocycles. The lowest BCUT2D eigenvalue weighted by atomic mass is 9.57. The lowest BCUT2D eigenvalue weighted by Gasteiger charge is -2.44. The molecule has 45 heavy (non-hydrogen) atoms. The van der Waals surface area contributed by atoms with Gasteiger partial charge >= 0.3 is 0 Å². The summed E-state index contributed by atoms with van der Waals surface area (Å²) in [6.07, 6.45) is 4.36. The zero-order valence-corrected chi connectivity index (χ0v) is 25.6. The van der Waals surface area contributed by atoms with E-state index in [9.17, 15) is 24.3 Å². The Labute approximate surface area is 262 Å². The van der Waals surface area contributed by atoms with Gasteiger partial charge < -0.3 is 9.84 Å². The number of phenols is 1. The minimum atomic E-state index is -0.717. The van der Waals surface area contributed by atoms with Crippen LogP contribution in [0.15, 0.2) is 78.4 Å². The van der Waals surface area contributed by atoms with Crippen LogP contribution in [0, 0.1) is 29.6 Å². The van der Waals surface area contributed by atoms with Crippen LogP contribution < -0.4 is 14.5 Å². The van der Waals surface area contributed by atoms with Gasteiger partial charge in [0.25, 0.3) is 0 Å². The van der Waals surface area contributed by atoms with E-state index in [1.54, 1.807) is 12.1 Å². The Morgan fingerprint density at radius 2 is 1.27 bits per heavy atom. The normalized spacial score (nSPS) is 27.3. The van der Waals surface area contributed by atoms with Crippen molar-refractivity contribution in [2.24, 2.45) is 29.6 Å². The quantitative estimate of drug-likeness (QED) is 0.292. The van der Waals surface area contributed by atoms with Crippen LogP contribution in [0.5, 0.6) is 11.5 Å². The van der Waals surface area contributed by atoms with Crippen molar-refractivity contribution >= 4 is 35.0 Å². The Morgan fingerprint density at radius 1 is 0.711 bits per heavy atom. The Morgan fingerprint density at radius 3 is 1.82 bits per heavy atom. The number of aryl methyl sites for hydroxylation is 2. The number of amides is 4. The molecular weight excluding hydrogens is 568 g/mol. The molecule has 8 heteroatoms. The van der Waals surface area contributed by atoms with E-state index in [0.717, 1.165) is 29.5 Å². The summed E-state index contributed by atoms with van der Waals surface area (Å²) in [7, 11) is 1.51. The van der Waals surface area contributed by atoms with Gasteiger partial charge in [0, 0.05) is 17.5 Å². The molecule has 0 bridgehead atoms. The van der Waals surface area contributed by atoms with E-state index in [4.69, 9.17) is 4.74 Å². The minimum absolute atomic E-state index is 0.0185. The number of hydrogen-bond donors (Lipinski definition) is 1. The molecule has 1 N–H and O–H groups in total. The van der Waals surface area contributed by atoms with Crippen LogP contribution in [-0.2, 0) is 32.0 Å². The van der Waals surface area contributed by atoms with E-state index in [2.05, 4.69) is 6.92 Å². The average molecular weight is 605 g/mol. The van der Waals surface area contributed by atoms with Crippen molar-refractivity contribution in [2.75, 3.05) is 16.9 Å². The topological polar surface area (TPSA) is 104 Å². The van der Waals surface area contributed by atoms with Crippen molar-refractivity contribution in [1.82, 2.24) is 0 Å². The third kappa shape index (κ3) is 4.41. The summed E-state index contributed by atoms with van der Waals surface area (Å²) in [4.78, 5) is 59.2. The molecule has 3 fully saturated rings. The first-order valence-corrected chi connectivity index (χ1v) is 15.8. The fraction of sp³-hybridized carbons (Fsp3) is 0.351. The van der Waals surface area contributed by atoms with Crippen molar-refractivity contribution in [3.05, 3.63) is 95.1 Å². The molecule has 3 aromatic rings. The van der Waals surface area contributed by atoms with E-state index in [0.29, 0.717) is 35.5 Å². The second kappa shape index (κ2) is 11.0. The molecule has 4 aliphatic rings. The number of ether oxygens (including phenoxy) is 1. The molecule has 0 radical (unpaired) electrons. The van der Waals surface area contributed by atoms with Crippen LogP contribution in [0.1, 0.15) is 49.3 Å². The molecule has 230 valence electrons. The van der Waals surface area contributed by atoms with Gasteiger partial charge in [-0.25, -0.2) is 0 Å². The lowest BCUT2D eigenvalue weighted by Crippen LogP contribution is -2.43. The summed E-state index contributed by atoms with van der Waals surface area (Å²) in [5.41, 5.74) is 4.85. The van der Waals surface area contributed by atoms with Gasteiger partial charge in [0.05, 0.1) is 42.2 Å². The molecule has 0 unspecified atom stereocenters. The lowest BCUT2D eigenvalue weighted by molar-refractivity contribution is -0.126. The number of rotatable bonds is 6. The van der Waals surface area contributed by atoms with E-state index in [-0.39, 0.29) is 29.4 Å². The fourth-order valence-corrected chi connectivity index (χ4v) is 8.16. The predicted octanol–water partition coefficient (Wildman–Crippen LogP) is 5.57. The first kappa shape index (κ1) is 29.0. The molecule has 3 aromatic carbocycles. The highest BCUT2D eigenvalue weighted by atomic mass is 16.5. The number of benzene rings is 3. The van der Waals surface area contributed by atoms with Gasteiger partial charge in [-0.2, -0.15) is 0 Å². The smallest absolute Gasteiger partial charge is 0.238 e. The van der Waals surface area contributed by atoms with Crippen LogP contribution in [0.3, 0.4) is 0 Å². The standard InChI is InChI=1S/C37H36N2O6/c1-4-20-6-10-22(11-7-20)38-34(41)27-17-16-25-28(32(27)36(38)43)19-29-33(31(25)26-15-14-24(40)18-30(26)45-3)37(44)39(35(29)42)23-12-8-21(5-2)9-13-23/h6-16,18,27-29,31-33,40H,4-5,17,19H2,1-3H3/t27-,28+,29+,31+,32-,33+/m0/s1. The monoisotopic (exact) mass is 604 g/mol. The zero-order chi connectivity index (χ0) is 31.6. The van der Waals surface area contributed by atoms with Crippen molar-refractivity contribution in [2.45, 2.75) is 45.4 Å². The van der Waals surface area contributed by atoms with Gasteiger partial charge in [-0.15, -0.1) is 0 Å². The van der Waals surface area contributed by atoms with Crippen LogP contribution in [0.25, 0.3) is 0 Å². The minimum Gasteiger partial charge on any atom is -0.508 e. The highest BCUT2D eigenvalue weighted by Gasteiger charge is 2.62. The highest BCUT2D eigenvalue weighted by molar-refractivity contribution is 6.24. The van der Waals surface area contributed by atoms with Gasteiger partial charge in [0.1, 0.15) is 11.5 Å². The van der Waals surface area contributed by atoms with Gasteiger partial charge in [0.2, 0.25) is 23.6 Å². The molecule has 4 amide bonds. The number of hydrogen-bond acceptors (Lipinski definition) is 6. The summed E-state index contributed by atoms with van der Waals surface area (Å²) >= 11 is 0. The van der Waals surface area contributed by atoms with Gasteiger partial charge in [-0.05, 0) is 73.1 Å². The van der Waals surface area contributed by atoms with E-state index < -0.39 is 35.5 Å². The molecule has 0 spiro atoms. The first-order chi connectivity index (χ1) is 21.8. The van der Waals surface area contributed by atoms with Crippen LogP contribution in [0.2, 0.25) is 0 Å². The fourth-order valence-electron chi connectivity index (χ4n) is 8.16. The number of methoxy groups -OCH3 is 1. The van der Waals surface area contributed by atoms with Crippen LogP contribution in [-0.4, -0.2) is 35.8 Å². The molecule has 0 aromatic heterocycles. The van der Waals surface area contributed by atoms with Gasteiger partial charge in [-0.1, -0.05) is 55.8 Å². The summed E-state index contributed by atoms with van der Waals surface area (Å²) in [5.74, 6) is -4.21. The number of imide groups is 2. The molecular formula is C37H36N2O6. The van der Waals surface area contributed by atoms with E-state index >= 15 is 0 Å². The van der Waals surface area contributed by atoms with Crippen molar-refractivity contribution in [3.63, 3.8) is 0 Å². The van der Waals surface area contributed by atoms with Crippen molar-refractivity contribution in [1.29, 1.82) is 0 Å². The maximum Gasteiger partial charge on any atom is 0.238 e. The Hall–Kier alpha value is -4.72. The second-order valence-corrected chi connectivity index (χ2v) is 12.5. The van der Waals surface area contributed by atoms with Crippen LogP contribution in [0.4, 0.5) is 11.4 Å². The number of nitrogens with zero attached hydrogens (tertiary/aromatic N) is 2. The SMILES string of the molecule is CCc1ccc(N2C(=O)[C@H]3[C@H](CC=C4[C@H]3C[C@H]3C(=O)N(c5ccc(CC)cc5)C(=O)[C@H]3[C@H]4c3ccc(O)cc3OC)C2=O)cc1. The Bertz CT molecular complexity index is 1740. The van der Waals surface area contributed by atoms with Crippen molar-refractivity contribution in [3.8, 4) is 11.5 Å². The number of fused-ring (bicyclic) bond motifs is 4. The largest absolute Gasteiger partial charge is 0.508 e. The van der Waals surface area contributed by atoms with E-state index in [1.165, 1.54) is 23.0 Å². The summed E-state index contributed by atoms with van der Waals surface area (Å²) in [6, 6.07) is 19.8. The molecule has 7 rings (SSSR count). The molecule has 1 saturated carbocycles. The Kier molecular flexibility index (Phi) is 7.10. The number of carbonyl (C=O) groups excluding carboxylic acids is 4. The molecule has 6 atom stereocenters.